The fourth-order valence-electron chi connectivity index (χ4n) is 1.61. The Hall–Kier alpha value is -0.810. The second kappa shape index (κ2) is 6.76. The lowest BCUT2D eigenvalue weighted by Crippen LogP contribution is -2.02. The maximum Gasteiger partial charge on any atom is 0.139 e. The highest BCUT2D eigenvalue weighted by molar-refractivity contribution is 9.10. The topological polar surface area (TPSA) is 35.2 Å². The average Bonchev–Trinajstić information content (AvgIpc) is 2.42. The first kappa shape index (κ1) is 15.6. The van der Waals surface area contributed by atoms with Gasteiger partial charge < -0.3 is 10.5 Å². The first-order chi connectivity index (χ1) is 9.51. The molecule has 0 aromatic heterocycles. The van der Waals surface area contributed by atoms with Gasteiger partial charge in [0, 0.05) is 22.6 Å². The van der Waals surface area contributed by atoms with Gasteiger partial charge in [0.1, 0.15) is 18.2 Å². The molecule has 2 N–H and O–H groups in total. The van der Waals surface area contributed by atoms with Gasteiger partial charge in [-0.15, -0.1) is 0 Å². The Morgan fingerprint density at radius 2 is 1.90 bits per heavy atom. The van der Waals surface area contributed by atoms with Gasteiger partial charge >= 0.3 is 0 Å². The molecule has 0 atom stereocenters. The average molecular weight is 379 g/mol. The van der Waals surface area contributed by atoms with Gasteiger partial charge in [-0.25, -0.2) is 4.39 Å². The zero-order chi connectivity index (χ0) is 14.7. The summed E-state index contributed by atoms with van der Waals surface area (Å²) in [6.45, 7) is 0.362. The van der Waals surface area contributed by atoms with Gasteiger partial charge in [0.25, 0.3) is 0 Å². The summed E-state index contributed by atoms with van der Waals surface area (Å²) < 4.78 is 20.0. The van der Waals surface area contributed by atoms with Crippen LogP contribution in [-0.2, 0) is 13.2 Å². The third-order valence-electron chi connectivity index (χ3n) is 2.71. The summed E-state index contributed by atoms with van der Waals surface area (Å²) in [7, 11) is 0. The molecule has 0 saturated heterocycles. The Morgan fingerprint density at radius 1 is 1.15 bits per heavy atom. The molecular weight excluding hydrogens is 368 g/mol. The van der Waals surface area contributed by atoms with Gasteiger partial charge in [-0.05, 0) is 33.6 Å². The van der Waals surface area contributed by atoms with Gasteiger partial charge in [-0.2, -0.15) is 0 Å². The van der Waals surface area contributed by atoms with Crippen molar-refractivity contribution in [1.29, 1.82) is 0 Å². The highest BCUT2D eigenvalue weighted by Crippen LogP contribution is 2.34. The normalized spacial score (nSPS) is 10.7. The monoisotopic (exact) mass is 377 g/mol. The third kappa shape index (κ3) is 3.64. The van der Waals surface area contributed by atoms with E-state index in [4.69, 9.17) is 33.7 Å². The summed E-state index contributed by atoms with van der Waals surface area (Å²) in [6.07, 6.45) is 0. The molecule has 0 amide bonds. The van der Waals surface area contributed by atoms with E-state index in [9.17, 15) is 4.39 Å². The first-order valence-corrected chi connectivity index (χ1v) is 7.31. The maximum absolute atomic E-state index is 13.8. The molecule has 20 heavy (non-hydrogen) atoms. The zero-order valence-electron chi connectivity index (χ0n) is 10.3. The van der Waals surface area contributed by atoms with Crippen LogP contribution in [0.3, 0.4) is 0 Å². The number of hydrogen-bond acceptors (Lipinski definition) is 2. The molecule has 2 aromatic rings. The van der Waals surface area contributed by atoms with Gasteiger partial charge in [-0.1, -0.05) is 35.3 Å². The molecule has 0 bridgehead atoms. The summed E-state index contributed by atoms with van der Waals surface area (Å²) in [5, 5.41) is 0.878. The van der Waals surface area contributed by atoms with E-state index >= 15 is 0 Å². The Bertz CT molecular complexity index is 637. The molecule has 0 saturated carbocycles. The van der Waals surface area contributed by atoms with Gasteiger partial charge in [0.15, 0.2) is 0 Å². The van der Waals surface area contributed by atoms with Crippen molar-refractivity contribution >= 4 is 39.1 Å². The Morgan fingerprint density at radius 3 is 2.55 bits per heavy atom. The fraction of sp³-hybridized carbons (Fsp3) is 0.143. The van der Waals surface area contributed by atoms with Gasteiger partial charge in [-0.3, -0.25) is 0 Å². The predicted octanol–water partition coefficient (Wildman–Crippen LogP) is 4.93. The lowest BCUT2D eigenvalue weighted by molar-refractivity contribution is 0.300. The summed E-state index contributed by atoms with van der Waals surface area (Å²) in [5.74, 6) is 0.0504. The predicted molar refractivity (Wildman–Crippen MR) is 82.8 cm³/mol. The van der Waals surface area contributed by atoms with E-state index in [1.54, 1.807) is 24.3 Å². The zero-order valence-corrected chi connectivity index (χ0v) is 13.4. The summed E-state index contributed by atoms with van der Waals surface area (Å²) in [6, 6.07) is 8.02. The molecule has 0 aliphatic rings. The van der Waals surface area contributed by atoms with Crippen molar-refractivity contribution in [1.82, 2.24) is 0 Å². The van der Waals surface area contributed by atoms with Crippen LogP contribution >= 0.6 is 39.1 Å². The van der Waals surface area contributed by atoms with Crippen molar-refractivity contribution in [3.05, 3.63) is 61.8 Å². The van der Waals surface area contributed by atoms with Crippen molar-refractivity contribution in [3.63, 3.8) is 0 Å². The van der Waals surface area contributed by atoms with Gasteiger partial charge in [0.2, 0.25) is 0 Å². The van der Waals surface area contributed by atoms with E-state index in [-0.39, 0.29) is 12.4 Å². The number of nitrogens with two attached hydrogens (primary N) is 1. The molecule has 2 rings (SSSR count). The molecule has 6 heteroatoms. The van der Waals surface area contributed by atoms with E-state index in [0.717, 1.165) is 5.56 Å². The summed E-state index contributed by atoms with van der Waals surface area (Å²) in [4.78, 5) is 0. The molecule has 106 valence electrons. The van der Waals surface area contributed by atoms with Crippen LogP contribution in [0.5, 0.6) is 5.75 Å². The standard InChI is InChI=1S/C14H11BrCl2FNO/c15-10-4-12(17)14(5-11(10)16)20-7-9-2-1-8(6-19)3-13(9)18/h1-5H,6-7,19H2. The molecule has 0 unspecified atom stereocenters. The van der Waals surface area contributed by atoms with E-state index in [0.29, 0.717) is 32.4 Å². The fourth-order valence-corrected chi connectivity index (χ4v) is 2.45. The smallest absolute Gasteiger partial charge is 0.139 e. The van der Waals surface area contributed by atoms with E-state index in [2.05, 4.69) is 15.9 Å². The van der Waals surface area contributed by atoms with Crippen LogP contribution in [0.15, 0.2) is 34.8 Å². The number of ether oxygens (including phenoxy) is 1. The van der Waals surface area contributed by atoms with Crippen LogP contribution in [0.25, 0.3) is 0 Å². The summed E-state index contributed by atoms with van der Waals surface area (Å²) >= 11 is 15.3. The quantitative estimate of drug-likeness (QED) is 0.765. The van der Waals surface area contributed by atoms with Crippen LogP contribution in [-0.4, -0.2) is 0 Å². The minimum atomic E-state index is -0.354. The highest BCUT2D eigenvalue weighted by atomic mass is 79.9. The SMILES string of the molecule is NCc1ccc(COc2cc(Cl)c(Br)cc2Cl)c(F)c1. The van der Waals surface area contributed by atoms with Crippen LogP contribution < -0.4 is 10.5 Å². The molecular formula is C14H11BrCl2FNO. The minimum absolute atomic E-state index is 0.0639. The van der Waals surface area contributed by atoms with E-state index < -0.39 is 0 Å². The lowest BCUT2D eigenvalue weighted by Gasteiger charge is -2.10. The second-order valence-corrected chi connectivity index (χ2v) is 5.78. The first-order valence-electron chi connectivity index (χ1n) is 5.76. The van der Waals surface area contributed by atoms with E-state index in [1.165, 1.54) is 6.07 Å². The van der Waals surface area contributed by atoms with Crippen LogP contribution in [0.2, 0.25) is 10.0 Å². The van der Waals surface area contributed by atoms with Crippen molar-refractivity contribution in [2.75, 3.05) is 0 Å². The van der Waals surface area contributed by atoms with Crippen molar-refractivity contribution in [2.45, 2.75) is 13.2 Å². The molecule has 2 nitrogen and oxygen atoms in total. The van der Waals surface area contributed by atoms with E-state index in [1.807, 2.05) is 0 Å². The van der Waals surface area contributed by atoms with Crippen LogP contribution in [0.4, 0.5) is 4.39 Å². The van der Waals surface area contributed by atoms with Crippen molar-refractivity contribution < 1.29 is 9.13 Å². The largest absolute Gasteiger partial charge is 0.487 e. The Labute approximate surface area is 134 Å². The van der Waals surface area contributed by atoms with Crippen LogP contribution in [0.1, 0.15) is 11.1 Å². The Balaban J connectivity index is 2.15. The Kier molecular flexibility index (Phi) is 5.27. The third-order valence-corrected chi connectivity index (χ3v) is 4.20. The van der Waals surface area contributed by atoms with Crippen molar-refractivity contribution in [2.24, 2.45) is 5.73 Å². The highest BCUT2D eigenvalue weighted by Gasteiger charge is 2.09. The lowest BCUT2D eigenvalue weighted by atomic mass is 10.1. The maximum atomic E-state index is 13.8. The summed E-state index contributed by atoms with van der Waals surface area (Å²) in [5.41, 5.74) is 6.61. The van der Waals surface area contributed by atoms with Crippen molar-refractivity contribution in [3.8, 4) is 5.75 Å². The molecule has 0 spiro atoms. The number of halogens is 4. The molecule has 2 aromatic carbocycles. The van der Waals surface area contributed by atoms with Crippen LogP contribution in [0, 0.1) is 5.82 Å². The molecule has 0 fully saturated rings. The minimum Gasteiger partial charge on any atom is -0.487 e. The second-order valence-electron chi connectivity index (χ2n) is 4.12. The molecule has 0 radical (unpaired) electrons. The molecule has 0 aliphatic carbocycles. The van der Waals surface area contributed by atoms with Gasteiger partial charge in [0.05, 0.1) is 10.0 Å². The molecule has 0 heterocycles. The number of hydrogen-bond donors (Lipinski definition) is 1. The molecule has 0 aliphatic heterocycles. The number of rotatable bonds is 4. The number of benzene rings is 2.